The SMILES string of the molecule is O=C(NCc1ccc(F)cc1)c1ccc(Cl)cc1N(c1nsnc1Cc1ccccc1)S(=O)O. The summed E-state index contributed by atoms with van der Waals surface area (Å²) in [6.45, 7) is 0.140. The van der Waals surface area contributed by atoms with Crippen LogP contribution in [0.4, 0.5) is 15.9 Å². The Kier molecular flexibility index (Phi) is 7.63. The van der Waals surface area contributed by atoms with Crippen LogP contribution in [0.1, 0.15) is 27.2 Å². The number of hydrogen-bond acceptors (Lipinski definition) is 5. The summed E-state index contributed by atoms with van der Waals surface area (Å²) in [7, 11) is 0. The molecule has 1 unspecified atom stereocenters. The van der Waals surface area contributed by atoms with Crippen LogP contribution in [0.5, 0.6) is 0 Å². The van der Waals surface area contributed by atoms with Gasteiger partial charge >= 0.3 is 0 Å². The molecule has 1 heterocycles. The lowest BCUT2D eigenvalue weighted by atomic mass is 10.1. The van der Waals surface area contributed by atoms with Crippen molar-refractivity contribution in [1.29, 1.82) is 0 Å². The van der Waals surface area contributed by atoms with Gasteiger partial charge in [-0.05, 0) is 41.5 Å². The zero-order valence-corrected chi connectivity index (χ0v) is 19.9. The molecule has 4 aromatic rings. The fourth-order valence-electron chi connectivity index (χ4n) is 3.27. The molecule has 174 valence electrons. The first-order chi connectivity index (χ1) is 16.4. The van der Waals surface area contributed by atoms with E-state index in [2.05, 4.69) is 14.1 Å². The van der Waals surface area contributed by atoms with Crippen molar-refractivity contribution in [2.24, 2.45) is 0 Å². The molecule has 1 aromatic heterocycles. The molecule has 11 heteroatoms. The second-order valence-corrected chi connectivity index (χ2v) is 8.98. The van der Waals surface area contributed by atoms with Gasteiger partial charge in [0.1, 0.15) is 11.5 Å². The van der Waals surface area contributed by atoms with Crippen LogP contribution >= 0.6 is 23.3 Å². The van der Waals surface area contributed by atoms with E-state index in [0.29, 0.717) is 17.7 Å². The van der Waals surface area contributed by atoms with Gasteiger partial charge in [0.2, 0.25) is 0 Å². The number of nitrogens with one attached hydrogen (secondary N) is 1. The third kappa shape index (κ3) is 5.65. The molecule has 4 rings (SSSR count). The van der Waals surface area contributed by atoms with Crippen LogP contribution in [-0.2, 0) is 24.2 Å². The largest absolute Gasteiger partial charge is 0.348 e. The molecular weight excluding hydrogens is 499 g/mol. The van der Waals surface area contributed by atoms with E-state index in [1.165, 1.54) is 30.3 Å². The number of anilines is 2. The number of aromatic nitrogens is 2. The van der Waals surface area contributed by atoms with E-state index in [0.717, 1.165) is 21.6 Å². The third-order valence-electron chi connectivity index (χ3n) is 4.89. The van der Waals surface area contributed by atoms with Gasteiger partial charge in [0, 0.05) is 18.0 Å². The number of benzene rings is 3. The van der Waals surface area contributed by atoms with Crippen LogP contribution in [-0.4, -0.2) is 23.4 Å². The molecule has 0 fully saturated rings. The minimum absolute atomic E-state index is 0.104. The summed E-state index contributed by atoms with van der Waals surface area (Å²) in [5.74, 6) is -0.719. The minimum atomic E-state index is -2.57. The smallest absolute Gasteiger partial charge is 0.268 e. The van der Waals surface area contributed by atoms with Crippen molar-refractivity contribution in [2.75, 3.05) is 4.31 Å². The van der Waals surface area contributed by atoms with Crippen molar-refractivity contribution in [2.45, 2.75) is 13.0 Å². The van der Waals surface area contributed by atoms with E-state index in [-0.39, 0.29) is 34.5 Å². The molecule has 34 heavy (non-hydrogen) atoms. The average Bonchev–Trinajstić information content (AvgIpc) is 3.26. The topological polar surface area (TPSA) is 95.4 Å². The minimum Gasteiger partial charge on any atom is -0.348 e. The van der Waals surface area contributed by atoms with Gasteiger partial charge in [0.25, 0.3) is 17.2 Å². The molecule has 0 aliphatic carbocycles. The Bertz CT molecular complexity index is 1320. The predicted octanol–water partition coefficient (Wildman–Crippen LogP) is 5.13. The Morgan fingerprint density at radius 1 is 1.06 bits per heavy atom. The van der Waals surface area contributed by atoms with Crippen molar-refractivity contribution in [3.05, 3.63) is 106 Å². The van der Waals surface area contributed by atoms with Crippen LogP contribution in [0.25, 0.3) is 0 Å². The van der Waals surface area contributed by atoms with Gasteiger partial charge in [-0.1, -0.05) is 54.1 Å². The predicted molar refractivity (Wildman–Crippen MR) is 131 cm³/mol. The zero-order chi connectivity index (χ0) is 24.1. The Morgan fingerprint density at radius 2 is 1.79 bits per heavy atom. The normalized spacial score (nSPS) is 11.7. The number of carbonyl (C=O) groups excluding carboxylic acids is 1. The third-order valence-corrected chi connectivity index (χ3v) is 6.36. The van der Waals surface area contributed by atoms with E-state index in [9.17, 15) is 17.9 Å². The van der Waals surface area contributed by atoms with Crippen LogP contribution in [0.15, 0.2) is 72.8 Å². The number of hydrogen-bond donors (Lipinski definition) is 2. The van der Waals surface area contributed by atoms with E-state index >= 15 is 0 Å². The molecule has 7 nitrogen and oxygen atoms in total. The molecule has 3 aromatic carbocycles. The van der Waals surface area contributed by atoms with Crippen molar-refractivity contribution in [3.8, 4) is 0 Å². The molecule has 0 saturated heterocycles. The summed E-state index contributed by atoms with van der Waals surface area (Å²) in [5.41, 5.74) is 2.35. The molecule has 1 atom stereocenters. The summed E-state index contributed by atoms with van der Waals surface area (Å²) in [4.78, 5) is 13.0. The molecule has 0 aliphatic rings. The first-order valence-electron chi connectivity index (χ1n) is 10.0. The molecule has 0 aliphatic heterocycles. The molecule has 2 N–H and O–H groups in total. The summed E-state index contributed by atoms with van der Waals surface area (Å²) >= 11 is 4.51. The second kappa shape index (κ2) is 10.8. The van der Waals surface area contributed by atoms with Gasteiger partial charge in [0.05, 0.1) is 23.0 Å². The standard InChI is InChI=1S/C23H18ClFN4O3S2/c24-17-8-11-19(23(30)26-14-16-6-9-18(25)10-7-16)21(13-17)29(34(31)32)22-20(27-33-28-22)12-15-4-2-1-3-5-15/h1-11,13H,12,14H2,(H,26,30)(H,31,32). The number of carbonyl (C=O) groups is 1. The molecule has 1 amide bonds. The fourth-order valence-corrected chi connectivity index (χ4v) is 4.65. The summed E-state index contributed by atoms with van der Waals surface area (Å²) in [5, 5.41) is 3.01. The van der Waals surface area contributed by atoms with Crippen LogP contribution in [0.2, 0.25) is 5.02 Å². The highest BCUT2D eigenvalue weighted by Crippen LogP contribution is 2.34. The Labute approximate surface area is 207 Å². The molecule has 0 spiro atoms. The number of halogens is 2. The van der Waals surface area contributed by atoms with Crippen LogP contribution in [0.3, 0.4) is 0 Å². The van der Waals surface area contributed by atoms with Gasteiger partial charge in [-0.25, -0.2) is 12.9 Å². The summed E-state index contributed by atoms with van der Waals surface area (Å²) < 4.78 is 45.4. The first-order valence-corrected chi connectivity index (χ1v) is 12.2. The van der Waals surface area contributed by atoms with E-state index in [4.69, 9.17) is 11.6 Å². The summed E-state index contributed by atoms with van der Waals surface area (Å²) in [6.07, 6.45) is 0.382. The Hall–Kier alpha value is -3.18. The maximum Gasteiger partial charge on any atom is 0.268 e. The van der Waals surface area contributed by atoms with Crippen LogP contribution < -0.4 is 9.62 Å². The monoisotopic (exact) mass is 516 g/mol. The van der Waals surface area contributed by atoms with Gasteiger partial charge in [-0.3, -0.25) is 9.35 Å². The number of rotatable bonds is 8. The van der Waals surface area contributed by atoms with Gasteiger partial charge in [-0.2, -0.15) is 8.75 Å². The lowest BCUT2D eigenvalue weighted by Gasteiger charge is -2.21. The van der Waals surface area contributed by atoms with Crippen LogP contribution in [0, 0.1) is 5.82 Å². The number of nitrogens with zero attached hydrogens (tertiary/aromatic N) is 3. The van der Waals surface area contributed by atoms with E-state index < -0.39 is 17.2 Å². The Balaban J connectivity index is 1.66. The highest BCUT2D eigenvalue weighted by Gasteiger charge is 2.27. The maximum absolute atomic E-state index is 13.1. The highest BCUT2D eigenvalue weighted by molar-refractivity contribution is 7.81. The van der Waals surface area contributed by atoms with E-state index in [1.807, 2.05) is 30.3 Å². The summed E-state index contributed by atoms with van der Waals surface area (Å²) in [6, 6.07) is 19.6. The lowest BCUT2D eigenvalue weighted by molar-refractivity contribution is 0.0951. The highest BCUT2D eigenvalue weighted by atomic mass is 35.5. The van der Waals surface area contributed by atoms with Crippen molar-refractivity contribution in [3.63, 3.8) is 0 Å². The average molecular weight is 517 g/mol. The Morgan fingerprint density at radius 3 is 2.50 bits per heavy atom. The lowest BCUT2D eigenvalue weighted by Crippen LogP contribution is -2.28. The quantitative estimate of drug-likeness (QED) is 0.317. The molecule has 0 bridgehead atoms. The zero-order valence-electron chi connectivity index (χ0n) is 17.5. The molecular formula is C23H18ClFN4O3S2. The van der Waals surface area contributed by atoms with Gasteiger partial charge in [-0.15, -0.1) is 0 Å². The number of amides is 1. The van der Waals surface area contributed by atoms with Crippen molar-refractivity contribution in [1.82, 2.24) is 14.1 Å². The second-order valence-electron chi connectivity index (χ2n) is 7.19. The van der Waals surface area contributed by atoms with Gasteiger partial charge in [0.15, 0.2) is 5.82 Å². The van der Waals surface area contributed by atoms with Gasteiger partial charge < -0.3 is 5.32 Å². The van der Waals surface area contributed by atoms with Crippen molar-refractivity contribution < 1.29 is 17.9 Å². The van der Waals surface area contributed by atoms with E-state index in [1.54, 1.807) is 12.1 Å². The first kappa shape index (κ1) is 24.0. The maximum atomic E-state index is 13.1. The molecule has 0 radical (unpaired) electrons. The molecule has 0 saturated carbocycles. The fraction of sp³-hybridized carbons (Fsp3) is 0.0870. The van der Waals surface area contributed by atoms with Crippen molar-refractivity contribution >= 4 is 52.0 Å².